The van der Waals surface area contributed by atoms with Crippen molar-refractivity contribution < 1.29 is 19.1 Å². The van der Waals surface area contributed by atoms with Crippen LogP contribution in [0.1, 0.15) is 35.6 Å². The van der Waals surface area contributed by atoms with E-state index < -0.39 is 11.9 Å². The van der Waals surface area contributed by atoms with Crippen molar-refractivity contribution in [1.82, 2.24) is 5.32 Å². The molecule has 9 heteroatoms. The van der Waals surface area contributed by atoms with E-state index in [2.05, 4.69) is 5.32 Å². The first kappa shape index (κ1) is 24.5. The molecule has 4 rings (SSSR count). The molecular weight excluding hydrogens is 441 g/mol. The molecule has 0 spiro atoms. The minimum Gasteiger partial charge on any atom is -0.489 e. The summed E-state index contributed by atoms with van der Waals surface area (Å²) in [6.45, 7) is 1.80. The molecule has 0 bridgehead atoms. The number of amidine groups is 1. The molecule has 7 nitrogen and oxygen atoms in total. The highest BCUT2D eigenvalue weighted by Crippen LogP contribution is 2.34. The van der Waals surface area contributed by atoms with Gasteiger partial charge in [0.15, 0.2) is 0 Å². The summed E-state index contributed by atoms with van der Waals surface area (Å²) in [5.74, 6) is -0.0195. The van der Waals surface area contributed by atoms with Gasteiger partial charge in [-0.1, -0.05) is 12.1 Å². The van der Waals surface area contributed by atoms with Crippen molar-refractivity contribution in [3.05, 3.63) is 65.4 Å². The van der Waals surface area contributed by atoms with E-state index in [-0.39, 0.29) is 43.2 Å². The number of aliphatic carboxylic acids is 1. The van der Waals surface area contributed by atoms with E-state index in [4.69, 9.17) is 20.3 Å². The van der Waals surface area contributed by atoms with Crippen LogP contribution in [0.2, 0.25) is 0 Å². The zero-order valence-corrected chi connectivity index (χ0v) is 18.3. The molecule has 0 aliphatic carbocycles. The number of carboxylic acid groups (broad SMARTS) is 1. The van der Waals surface area contributed by atoms with E-state index in [0.717, 1.165) is 36.2 Å². The monoisotopic (exact) mass is 465 g/mol. The summed E-state index contributed by atoms with van der Waals surface area (Å²) >= 11 is 0. The van der Waals surface area contributed by atoms with Crippen LogP contribution in [0.15, 0.2) is 52.9 Å². The minimum absolute atomic E-state index is 0. The number of rotatable bonds is 7. The maximum atomic E-state index is 11.5. The van der Waals surface area contributed by atoms with Gasteiger partial charge in [-0.2, -0.15) is 0 Å². The van der Waals surface area contributed by atoms with Gasteiger partial charge in [-0.05, 0) is 54.9 Å². The largest absolute Gasteiger partial charge is 0.489 e. The first-order valence-electron chi connectivity index (χ1n) is 9.56. The van der Waals surface area contributed by atoms with Gasteiger partial charge < -0.3 is 25.3 Å². The van der Waals surface area contributed by atoms with E-state index >= 15 is 0 Å². The Kier molecular flexibility index (Phi) is 8.33. The van der Waals surface area contributed by atoms with E-state index in [9.17, 15) is 9.90 Å². The summed E-state index contributed by atoms with van der Waals surface area (Å²) in [6, 6.07) is 14.6. The molecule has 0 saturated carbocycles. The molecule has 1 fully saturated rings. The Morgan fingerprint density at radius 2 is 1.97 bits per heavy atom. The van der Waals surface area contributed by atoms with Gasteiger partial charge in [0.05, 0.1) is 12.3 Å². The first-order chi connectivity index (χ1) is 14.0. The van der Waals surface area contributed by atoms with Gasteiger partial charge in [-0.15, -0.1) is 24.8 Å². The molecule has 1 aromatic heterocycles. The molecule has 1 aliphatic rings. The average molecular weight is 466 g/mol. The van der Waals surface area contributed by atoms with Crippen molar-refractivity contribution in [3.63, 3.8) is 0 Å². The number of fused-ring (bicyclic) bond motifs is 1. The fourth-order valence-electron chi connectivity index (χ4n) is 3.66. The summed E-state index contributed by atoms with van der Waals surface area (Å²) in [5.41, 5.74) is 7.64. The fourth-order valence-corrected chi connectivity index (χ4v) is 3.66. The molecule has 2 aromatic carbocycles. The Balaban J connectivity index is 0.00000171. The third kappa shape index (κ3) is 5.70. The van der Waals surface area contributed by atoms with Crippen LogP contribution in [-0.4, -0.2) is 36.1 Å². The number of hydrogen-bond acceptors (Lipinski definition) is 5. The molecule has 0 amide bonds. The van der Waals surface area contributed by atoms with Crippen LogP contribution in [0, 0.1) is 5.41 Å². The second-order valence-corrected chi connectivity index (χ2v) is 7.27. The number of nitrogens with two attached hydrogens (primary N) is 1. The summed E-state index contributed by atoms with van der Waals surface area (Å²) in [7, 11) is 0. The van der Waals surface area contributed by atoms with Gasteiger partial charge in [0.2, 0.25) is 0 Å². The molecule has 2 heterocycles. The Morgan fingerprint density at radius 3 is 2.58 bits per heavy atom. The van der Waals surface area contributed by atoms with Crippen molar-refractivity contribution in [2.75, 3.05) is 13.1 Å². The van der Waals surface area contributed by atoms with Gasteiger partial charge in [0.1, 0.15) is 29.0 Å². The summed E-state index contributed by atoms with van der Waals surface area (Å²) in [5, 5.41) is 21.1. The number of halogens is 2. The predicted molar refractivity (Wildman–Crippen MR) is 124 cm³/mol. The molecule has 1 unspecified atom stereocenters. The van der Waals surface area contributed by atoms with Crippen molar-refractivity contribution in [3.8, 4) is 5.75 Å². The zero-order valence-electron chi connectivity index (χ0n) is 16.7. The Hall–Kier alpha value is -2.74. The molecule has 31 heavy (non-hydrogen) atoms. The summed E-state index contributed by atoms with van der Waals surface area (Å²) < 4.78 is 11.9. The first-order valence-corrected chi connectivity index (χ1v) is 9.56. The van der Waals surface area contributed by atoms with Gasteiger partial charge in [-0.25, -0.2) is 0 Å². The third-order valence-corrected chi connectivity index (χ3v) is 5.17. The average Bonchev–Trinajstić information content (AvgIpc) is 3.35. The van der Waals surface area contributed by atoms with Crippen molar-refractivity contribution >= 4 is 47.6 Å². The molecule has 3 aromatic rings. The molecule has 1 aliphatic heterocycles. The normalized spacial score (nSPS) is 16.2. The van der Waals surface area contributed by atoms with E-state index in [1.807, 2.05) is 30.3 Å². The Morgan fingerprint density at radius 1 is 1.23 bits per heavy atom. The number of nitrogen functional groups attached to an aromatic ring is 1. The maximum Gasteiger partial charge on any atom is 0.304 e. The third-order valence-electron chi connectivity index (χ3n) is 5.17. The predicted octanol–water partition coefficient (Wildman–Crippen LogP) is 3.91. The number of furan rings is 1. The van der Waals surface area contributed by atoms with Crippen LogP contribution in [0.5, 0.6) is 5.75 Å². The molecular formula is C22H25Cl2N3O4. The summed E-state index contributed by atoms with van der Waals surface area (Å²) in [4.78, 5) is 11.5. The van der Waals surface area contributed by atoms with Crippen molar-refractivity contribution in [2.45, 2.75) is 24.9 Å². The number of ether oxygens (including phenoxy) is 1. The number of carbonyl (C=O) groups is 1. The van der Waals surface area contributed by atoms with Gasteiger partial charge >= 0.3 is 5.97 Å². The van der Waals surface area contributed by atoms with E-state index in [1.165, 1.54) is 0 Å². The number of nitrogens with one attached hydrogen (secondary N) is 2. The lowest BCUT2D eigenvalue weighted by atomic mass is 9.93. The molecule has 2 atom stereocenters. The molecule has 5 N–H and O–H groups in total. The highest BCUT2D eigenvalue weighted by atomic mass is 35.5. The Labute approximate surface area is 192 Å². The fraction of sp³-hybridized carbons (Fsp3) is 0.273. The lowest BCUT2D eigenvalue weighted by Gasteiger charge is -2.15. The van der Waals surface area contributed by atoms with Gasteiger partial charge in [-0.3, -0.25) is 10.2 Å². The van der Waals surface area contributed by atoms with Gasteiger partial charge in [0.25, 0.3) is 0 Å². The SMILES string of the molecule is Cl.Cl.N=C(N)c1ccc2oc(C(CC(=O)O)c3ccc(O[C@H]4CCNC4)cc3)cc2c1. The molecule has 166 valence electrons. The lowest BCUT2D eigenvalue weighted by Crippen LogP contribution is -2.19. The number of benzene rings is 2. The van der Waals surface area contributed by atoms with Crippen molar-refractivity contribution in [2.24, 2.45) is 5.73 Å². The smallest absolute Gasteiger partial charge is 0.304 e. The molecule has 0 radical (unpaired) electrons. The van der Waals surface area contributed by atoms with Crippen LogP contribution in [0.3, 0.4) is 0 Å². The Bertz CT molecular complexity index is 1050. The second-order valence-electron chi connectivity index (χ2n) is 7.27. The zero-order chi connectivity index (χ0) is 20.4. The summed E-state index contributed by atoms with van der Waals surface area (Å²) in [6.07, 6.45) is 1.05. The minimum atomic E-state index is -0.905. The quantitative estimate of drug-likeness (QED) is 0.310. The highest BCUT2D eigenvalue weighted by molar-refractivity contribution is 5.98. The number of carboxylic acids is 1. The van der Waals surface area contributed by atoms with Crippen LogP contribution < -0.4 is 15.8 Å². The van der Waals surface area contributed by atoms with Gasteiger partial charge in [0, 0.05) is 17.5 Å². The van der Waals surface area contributed by atoms with Crippen molar-refractivity contribution in [1.29, 1.82) is 5.41 Å². The maximum absolute atomic E-state index is 11.5. The van der Waals surface area contributed by atoms with E-state index in [0.29, 0.717) is 16.9 Å². The van der Waals surface area contributed by atoms with Crippen LogP contribution in [0.25, 0.3) is 11.0 Å². The highest BCUT2D eigenvalue weighted by Gasteiger charge is 2.23. The second kappa shape index (κ2) is 10.5. The standard InChI is InChI=1S/C22H23N3O4.2ClH/c23-22(24)14-3-6-19-15(9-14)10-20(29-19)18(11-21(26)27)13-1-4-16(5-2-13)28-17-7-8-25-12-17;;/h1-6,9-10,17-18,25H,7-8,11-12H2,(H3,23,24)(H,26,27);2*1H/t17-,18?;;/m0../s1. The van der Waals surface area contributed by atoms with E-state index in [1.54, 1.807) is 18.2 Å². The van der Waals surface area contributed by atoms with Crippen LogP contribution in [0.4, 0.5) is 0 Å². The topological polar surface area (TPSA) is 122 Å². The number of hydrogen-bond donors (Lipinski definition) is 4. The molecule has 1 saturated heterocycles. The van der Waals surface area contributed by atoms with Crippen LogP contribution in [-0.2, 0) is 4.79 Å². The van der Waals surface area contributed by atoms with Crippen LogP contribution >= 0.6 is 24.8 Å². The lowest BCUT2D eigenvalue weighted by molar-refractivity contribution is -0.137.